The third-order valence-electron chi connectivity index (χ3n) is 4.20. The molecule has 0 radical (unpaired) electrons. The number of Topliss-reactive ketones (excluding diaryl/α,β-unsaturated/α-hetero) is 3. The van der Waals surface area contributed by atoms with Crippen LogP contribution in [0.1, 0.15) is 40.5 Å². The Morgan fingerprint density at radius 2 is 1.68 bits per heavy atom. The molecule has 1 heterocycles. The SMILES string of the molecule is C#CCO[C@@H]1O[C@@H](CCC(C)=O)[C@@H](C(C)=O)[C@@H](C(C)=O)[C@@H]1NC(C)=O. The molecule has 5 atom stereocenters. The van der Waals surface area contributed by atoms with Crippen LogP contribution < -0.4 is 5.32 Å². The molecule has 0 aliphatic carbocycles. The summed E-state index contributed by atoms with van der Waals surface area (Å²) in [6, 6.07) is -0.828. The van der Waals surface area contributed by atoms with Crippen molar-refractivity contribution in [2.45, 2.75) is 59.0 Å². The highest BCUT2D eigenvalue weighted by molar-refractivity contribution is 5.89. The number of terminal acetylenes is 1. The average Bonchev–Trinajstić information content (AvgIpc) is 2.50. The summed E-state index contributed by atoms with van der Waals surface area (Å²) in [5, 5.41) is 2.64. The Morgan fingerprint density at radius 1 is 1.08 bits per heavy atom. The van der Waals surface area contributed by atoms with Gasteiger partial charge in [-0.25, -0.2) is 0 Å². The van der Waals surface area contributed by atoms with Gasteiger partial charge in [-0.05, 0) is 27.2 Å². The summed E-state index contributed by atoms with van der Waals surface area (Å²) in [6.45, 7) is 5.41. The highest BCUT2D eigenvalue weighted by Crippen LogP contribution is 2.35. The van der Waals surface area contributed by atoms with E-state index in [0.717, 1.165) is 0 Å². The van der Waals surface area contributed by atoms with Crippen LogP contribution in [-0.4, -0.2) is 48.3 Å². The van der Waals surface area contributed by atoms with Crippen molar-refractivity contribution in [2.24, 2.45) is 11.8 Å². The second kappa shape index (κ2) is 9.44. The van der Waals surface area contributed by atoms with E-state index >= 15 is 0 Å². The molecule has 0 aromatic carbocycles. The fourth-order valence-electron chi connectivity index (χ4n) is 3.24. The van der Waals surface area contributed by atoms with Crippen LogP contribution in [0.5, 0.6) is 0 Å². The molecule has 25 heavy (non-hydrogen) atoms. The Balaban J connectivity index is 3.23. The molecule has 7 nitrogen and oxygen atoms in total. The van der Waals surface area contributed by atoms with Crippen molar-refractivity contribution in [3.8, 4) is 12.3 Å². The maximum absolute atomic E-state index is 12.3. The molecular weight excluding hydrogens is 326 g/mol. The summed E-state index contributed by atoms with van der Waals surface area (Å²) in [5.41, 5.74) is 0. The quantitative estimate of drug-likeness (QED) is 0.645. The van der Waals surface area contributed by atoms with Gasteiger partial charge >= 0.3 is 0 Å². The molecule has 1 aliphatic rings. The van der Waals surface area contributed by atoms with Gasteiger partial charge < -0.3 is 19.6 Å². The van der Waals surface area contributed by atoms with E-state index in [1.807, 2.05) is 0 Å². The van der Waals surface area contributed by atoms with E-state index in [1.54, 1.807) is 0 Å². The predicted octanol–water partition coefficient (Wildman–Crippen LogP) is 0.645. The van der Waals surface area contributed by atoms with Crippen LogP contribution >= 0.6 is 0 Å². The zero-order valence-corrected chi connectivity index (χ0v) is 15.0. The molecule has 0 unspecified atom stereocenters. The molecule has 1 rings (SSSR count). The van der Waals surface area contributed by atoms with Crippen LogP contribution in [0.25, 0.3) is 0 Å². The van der Waals surface area contributed by atoms with Gasteiger partial charge in [0.2, 0.25) is 5.91 Å². The second-order valence-electron chi connectivity index (χ2n) is 6.30. The molecule has 7 heteroatoms. The topological polar surface area (TPSA) is 98.8 Å². The maximum Gasteiger partial charge on any atom is 0.217 e. The Bertz CT molecular complexity index is 579. The first kappa shape index (κ1) is 21.0. The number of nitrogens with one attached hydrogen (secondary N) is 1. The smallest absolute Gasteiger partial charge is 0.217 e. The fraction of sp³-hybridized carbons (Fsp3) is 0.667. The Hall–Kier alpha value is -2.04. The van der Waals surface area contributed by atoms with Crippen LogP contribution in [-0.2, 0) is 28.7 Å². The first-order valence-electron chi connectivity index (χ1n) is 8.17. The zero-order chi connectivity index (χ0) is 19.1. The lowest BCUT2D eigenvalue weighted by molar-refractivity contribution is -0.232. The summed E-state index contributed by atoms with van der Waals surface area (Å²) < 4.78 is 11.3. The first-order valence-corrected chi connectivity index (χ1v) is 8.17. The van der Waals surface area contributed by atoms with Gasteiger partial charge in [0.1, 0.15) is 24.0 Å². The summed E-state index contributed by atoms with van der Waals surface area (Å²) >= 11 is 0. The van der Waals surface area contributed by atoms with Gasteiger partial charge in [-0.1, -0.05) is 5.92 Å². The van der Waals surface area contributed by atoms with E-state index in [2.05, 4.69) is 11.2 Å². The number of carbonyl (C=O) groups excluding carboxylic acids is 4. The van der Waals surface area contributed by atoms with Gasteiger partial charge in [0.15, 0.2) is 6.29 Å². The van der Waals surface area contributed by atoms with E-state index in [4.69, 9.17) is 15.9 Å². The van der Waals surface area contributed by atoms with Crippen molar-refractivity contribution < 1.29 is 28.7 Å². The standard InChI is InChI=1S/C18H25NO6/c1-6-9-24-18-17(19-13(5)23)16(12(4)22)15(11(3)21)14(25-18)8-7-10(2)20/h1,14-18H,7-9H2,2-5H3,(H,19,23)/t14-,15+,16+,17-,18+/m0/s1. The van der Waals surface area contributed by atoms with Crippen LogP contribution in [0.15, 0.2) is 0 Å². The van der Waals surface area contributed by atoms with E-state index < -0.39 is 30.3 Å². The number of hydrogen-bond donors (Lipinski definition) is 1. The van der Waals surface area contributed by atoms with Crippen LogP contribution in [0.2, 0.25) is 0 Å². The lowest BCUT2D eigenvalue weighted by Crippen LogP contribution is -2.62. The minimum Gasteiger partial charge on any atom is -0.348 e. The fourth-order valence-corrected chi connectivity index (χ4v) is 3.24. The molecule has 138 valence electrons. The number of amides is 1. The van der Waals surface area contributed by atoms with Gasteiger partial charge in [0.05, 0.1) is 24.0 Å². The predicted molar refractivity (Wildman–Crippen MR) is 89.3 cm³/mol. The van der Waals surface area contributed by atoms with Gasteiger partial charge in [-0.15, -0.1) is 6.42 Å². The lowest BCUT2D eigenvalue weighted by atomic mass is 9.74. The Kier molecular flexibility index (Phi) is 7.94. The normalized spacial score (nSPS) is 28.7. The summed E-state index contributed by atoms with van der Waals surface area (Å²) in [4.78, 5) is 47.4. The molecular formula is C18H25NO6. The molecule has 1 amide bonds. The molecule has 0 saturated carbocycles. The molecule has 1 aliphatic heterocycles. The highest BCUT2D eigenvalue weighted by Gasteiger charge is 2.50. The largest absolute Gasteiger partial charge is 0.348 e. The lowest BCUT2D eigenvalue weighted by Gasteiger charge is -2.45. The molecule has 1 saturated heterocycles. The highest BCUT2D eigenvalue weighted by atomic mass is 16.7. The van der Waals surface area contributed by atoms with Gasteiger partial charge in [-0.2, -0.15) is 0 Å². The number of rotatable bonds is 8. The molecule has 0 aromatic heterocycles. The Labute approximate surface area is 147 Å². The minimum absolute atomic E-state index is 0.0460. The van der Waals surface area contributed by atoms with Gasteiger partial charge in [0.25, 0.3) is 0 Å². The third-order valence-corrected chi connectivity index (χ3v) is 4.20. The number of hydrogen-bond acceptors (Lipinski definition) is 6. The van der Waals surface area contributed by atoms with Crippen molar-refractivity contribution in [3.05, 3.63) is 0 Å². The number of carbonyl (C=O) groups is 4. The maximum atomic E-state index is 12.3. The molecule has 0 bridgehead atoms. The van der Waals surface area contributed by atoms with Gasteiger partial charge in [-0.3, -0.25) is 14.4 Å². The van der Waals surface area contributed by atoms with E-state index in [9.17, 15) is 19.2 Å². The minimum atomic E-state index is -0.971. The summed E-state index contributed by atoms with van der Waals surface area (Å²) in [5.74, 6) is -0.182. The average molecular weight is 351 g/mol. The van der Waals surface area contributed by atoms with Crippen molar-refractivity contribution >= 4 is 23.3 Å². The van der Waals surface area contributed by atoms with Crippen LogP contribution in [0.3, 0.4) is 0 Å². The third kappa shape index (κ3) is 5.76. The zero-order valence-electron chi connectivity index (χ0n) is 15.0. The van der Waals surface area contributed by atoms with E-state index in [-0.39, 0.29) is 42.7 Å². The second-order valence-corrected chi connectivity index (χ2v) is 6.30. The molecule has 1 fully saturated rings. The Morgan fingerprint density at radius 3 is 2.12 bits per heavy atom. The molecule has 0 spiro atoms. The van der Waals surface area contributed by atoms with E-state index in [1.165, 1.54) is 27.7 Å². The summed E-state index contributed by atoms with van der Waals surface area (Å²) in [7, 11) is 0. The summed E-state index contributed by atoms with van der Waals surface area (Å²) in [6.07, 6.45) is 4.07. The van der Waals surface area contributed by atoms with Crippen molar-refractivity contribution in [2.75, 3.05) is 6.61 Å². The van der Waals surface area contributed by atoms with Crippen LogP contribution in [0, 0.1) is 24.2 Å². The number of ether oxygens (including phenoxy) is 2. The van der Waals surface area contributed by atoms with E-state index in [0.29, 0.717) is 0 Å². The molecule has 0 aromatic rings. The van der Waals surface area contributed by atoms with Crippen molar-refractivity contribution in [3.63, 3.8) is 0 Å². The van der Waals surface area contributed by atoms with Gasteiger partial charge in [0, 0.05) is 13.3 Å². The monoisotopic (exact) mass is 351 g/mol. The number of ketones is 3. The van der Waals surface area contributed by atoms with Crippen molar-refractivity contribution in [1.82, 2.24) is 5.32 Å². The van der Waals surface area contributed by atoms with Crippen LogP contribution in [0.4, 0.5) is 0 Å². The van der Waals surface area contributed by atoms with Crippen molar-refractivity contribution in [1.29, 1.82) is 0 Å². The first-order chi connectivity index (χ1) is 11.7. The molecule has 1 N–H and O–H groups in total.